The topological polar surface area (TPSA) is 50.9 Å². The van der Waals surface area contributed by atoms with Crippen molar-refractivity contribution in [1.82, 2.24) is 14.5 Å². The van der Waals surface area contributed by atoms with Crippen LogP contribution in [0.5, 0.6) is 5.75 Å². The van der Waals surface area contributed by atoms with E-state index >= 15 is 0 Å². The summed E-state index contributed by atoms with van der Waals surface area (Å²) >= 11 is 0. The van der Waals surface area contributed by atoms with E-state index in [-0.39, 0.29) is 22.0 Å². The molecule has 0 fully saturated rings. The Kier molecular flexibility index (Phi) is 10.0. The monoisotopic (exact) mass is 809 g/mol. The maximum absolute atomic E-state index is 12.6. The van der Waals surface area contributed by atoms with Crippen LogP contribution in [-0.2, 0) is 16.2 Å². The number of aromatic nitrogens is 3. The highest BCUT2D eigenvalue weighted by atomic mass is 16.3. The molecule has 2 heterocycles. The Hall–Kier alpha value is -6.78. The molecule has 0 saturated carbocycles. The van der Waals surface area contributed by atoms with Gasteiger partial charge in [-0.2, -0.15) is 0 Å². The number of benzene rings is 7. The van der Waals surface area contributed by atoms with E-state index in [1.807, 2.05) is 6.07 Å². The first kappa shape index (κ1) is 40.6. The van der Waals surface area contributed by atoms with Crippen LogP contribution in [0.2, 0.25) is 0 Å². The van der Waals surface area contributed by atoms with Gasteiger partial charge < -0.3 is 5.11 Å². The number of fused-ring (bicyclic) bond motifs is 2. The summed E-state index contributed by atoms with van der Waals surface area (Å²) in [7, 11) is 0. The summed E-state index contributed by atoms with van der Waals surface area (Å²) in [4.78, 5) is 10.9. The van der Waals surface area contributed by atoms with Gasteiger partial charge in [-0.3, -0.25) is 4.57 Å². The van der Waals surface area contributed by atoms with Crippen molar-refractivity contribution in [3.8, 4) is 67.5 Å². The molecule has 0 aliphatic carbocycles. The maximum atomic E-state index is 12.6. The number of rotatable bonds is 6. The SMILES string of the molecule is CC(C)(C)c1cc(-c2ccc3ccccc3n2)cc(-c2cccc3c2nc(-c2cc(C(C)(C)C)cc(C(C)(C)C)c2O)n3-c2c(-c3ccccc3)cccc2-c2ccccc2)c1. The van der Waals surface area contributed by atoms with Gasteiger partial charge in [0.15, 0.2) is 0 Å². The molecule has 308 valence electrons. The van der Waals surface area contributed by atoms with Gasteiger partial charge >= 0.3 is 0 Å². The highest BCUT2D eigenvalue weighted by Crippen LogP contribution is 2.47. The van der Waals surface area contributed by atoms with Crippen molar-refractivity contribution >= 4 is 21.9 Å². The van der Waals surface area contributed by atoms with Gasteiger partial charge in [0.2, 0.25) is 0 Å². The molecule has 4 nitrogen and oxygen atoms in total. The highest BCUT2D eigenvalue weighted by molar-refractivity contribution is 5.99. The molecule has 9 rings (SSSR count). The molecule has 0 spiro atoms. The van der Waals surface area contributed by atoms with Crippen LogP contribution in [0.3, 0.4) is 0 Å². The van der Waals surface area contributed by atoms with Gasteiger partial charge in [-0.25, -0.2) is 9.97 Å². The number of phenols is 1. The first-order chi connectivity index (χ1) is 29.6. The number of hydrogen-bond acceptors (Lipinski definition) is 3. The minimum Gasteiger partial charge on any atom is -0.507 e. The zero-order chi connectivity index (χ0) is 43.6. The second-order valence-electron chi connectivity index (χ2n) is 19.7. The van der Waals surface area contributed by atoms with Crippen molar-refractivity contribution in [1.29, 1.82) is 0 Å². The second-order valence-corrected chi connectivity index (χ2v) is 19.7. The van der Waals surface area contributed by atoms with E-state index in [9.17, 15) is 5.11 Å². The molecule has 0 bridgehead atoms. The Balaban J connectivity index is 1.42. The van der Waals surface area contributed by atoms with Gasteiger partial charge in [-0.15, -0.1) is 0 Å². The van der Waals surface area contributed by atoms with Crippen LogP contribution < -0.4 is 0 Å². The molecule has 0 radical (unpaired) electrons. The third-order valence-corrected chi connectivity index (χ3v) is 12.1. The van der Waals surface area contributed by atoms with Crippen LogP contribution in [0, 0.1) is 0 Å². The summed E-state index contributed by atoms with van der Waals surface area (Å²) in [5.74, 6) is 0.937. The first-order valence-corrected chi connectivity index (χ1v) is 21.7. The predicted octanol–water partition coefficient (Wildman–Crippen LogP) is 15.5. The molecule has 0 atom stereocenters. The lowest BCUT2D eigenvalue weighted by Gasteiger charge is -2.28. The van der Waals surface area contributed by atoms with Crippen molar-refractivity contribution in [3.05, 3.63) is 180 Å². The van der Waals surface area contributed by atoms with Crippen LogP contribution in [0.25, 0.3) is 83.6 Å². The number of pyridine rings is 1. The summed E-state index contributed by atoms with van der Waals surface area (Å²) in [6.07, 6.45) is 0. The van der Waals surface area contributed by atoms with Crippen LogP contribution >= 0.6 is 0 Å². The third kappa shape index (κ3) is 7.49. The third-order valence-electron chi connectivity index (χ3n) is 12.1. The molecular weight excluding hydrogens is 755 g/mol. The van der Waals surface area contributed by atoms with Gasteiger partial charge in [0.1, 0.15) is 11.6 Å². The lowest BCUT2D eigenvalue weighted by molar-refractivity contribution is 0.446. The van der Waals surface area contributed by atoms with Crippen LogP contribution in [0.1, 0.15) is 79.0 Å². The number of hydrogen-bond donors (Lipinski definition) is 1. The fraction of sp³-hybridized carbons (Fsp3) is 0.207. The standard InChI is InChI=1S/C58H55N3O/c1-56(2,3)42-33-40(32-41(34-42)50-31-30-39-24-16-17-28-49(39)59-50)44-25-19-29-51-52(44)60-55(47-35-43(57(4,5)6)36-48(54(47)62)58(7,8)9)61(51)53-45(37-20-12-10-13-21-37)26-18-27-46(53)38-22-14-11-15-23-38/h10-36,62H,1-9H3. The zero-order valence-electron chi connectivity index (χ0n) is 37.4. The summed E-state index contributed by atoms with van der Waals surface area (Å²) in [5, 5.41) is 13.7. The molecule has 62 heavy (non-hydrogen) atoms. The molecule has 0 unspecified atom stereocenters. The predicted molar refractivity (Wildman–Crippen MR) is 261 cm³/mol. The lowest BCUT2D eigenvalue weighted by Crippen LogP contribution is -2.17. The van der Waals surface area contributed by atoms with E-state index in [4.69, 9.17) is 9.97 Å². The lowest BCUT2D eigenvalue weighted by atomic mass is 9.79. The normalized spacial score (nSPS) is 12.3. The minimum atomic E-state index is -0.333. The van der Waals surface area contributed by atoms with E-state index in [1.54, 1.807) is 0 Å². The molecule has 0 amide bonds. The fourth-order valence-electron chi connectivity index (χ4n) is 8.63. The Bertz CT molecular complexity index is 3060. The quantitative estimate of drug-likeness (QED) is 0.182. The van der Waals surface area contributed by atoms with Crippen molar-refractivity contribution in [2.24, 2.45) is 0 Å². The summed E-state index contributed by atoms with van der Waals surface area (Å²) in [6.45, 7) is 20.0. The Morgan fingerprint density at radius 3 is 1.63 bits per heavy atom. The van der Waals surface area contributed by atoms with Crippen LogP contribution in [0.15, 0.2) is 164 Å². The number of nitrogens with zero attached hydrogens (tertiary/aromatic N) is 3. The maximum Gasteiger partial charge on any atom is 0.149 e. The van der Waals surface area contributed by atoms with Crippen molar-refractivity contribution in [2.45, 2.75) is 78.6 Å². The molecule has 0 saturated heterocycles. The summed E-state index contributed by atoms with van der Waals surface area (Å²) < 4.78 is 2.32. The zero-order valence-corrected chi connectivity index (χ0v) is 37.4. The Labute approximate surface area is 366 Å². The van der Waals surface area contributed by atoms with E-state index in [0.717, 1.165) is 83.4 Å². The van der Waals surface area contributed by atoms with Crippen LogP contribution in [-0.4, -0.2) is 19.6 Å². The van der Waals surface area contributed by atoms with Crippen molar-refractivity contribution in [3.63, 3.8) is 0 Å². The molecular formula is C58H55N3O. The Morgan fingerprint density at radius 1 is 0.435 bits per heavy atom. The average molecular weight is 810 g/mol. The number of aromatic hydroxyl groups is 1. The van der Waals surface area contributed by atoms with Crippen molar-refractivity contribution < 1.29 is 5.11 Å². The van der Waals surface area contributed by atoms with E-state index < -0.39 is 0 Å². The largest absolute Gasteiger partial charge is 0.507 e. The number of phenolic OH excluding ortho intramolecular Hbond substituents is 1. The van der Waals surface area contributed by atoms with Gasteiger partial charge in [0.05, 0.1) is 33.5 Å². The fourth-order valence-corrected chi connectivity index (χ4v) is 8.63. The van der Waals surface area contributed by atoms with E-state index in [1.165, 1.54) is 5.56 Å². The number of imidazole rings is 1. The summed E-state index contributed by atoms with van der Waals surface area (Å²) in [6, 6.07) is 58.1. The minimum absolute atomic E-state index is 0.137. The van der Waals surface area contributed by atoms with Gasteiger partial charge in [-0.1, -0.05) is 190 Å². The van der Waals surface area contributed by atoms with Crippen molar-refractivity contribution in [2.75, 3.05) is 0 Å². The van der Waals surface area contributed by atoms with Gasteiger partial charge in [0.25, 0.3) is 0 Å². The smallest absolute Gasteiger partial charge is 0.149 e. The van der Waals surface area contributed by atoms with Crippen LogP contribution in [0.4, 0.5) is 0 Å². The van der Waals surface area contributed by atoms with Gasteiger partial charge in [-0.05, 0) is 80.5 Å². The molecule has 0 aliphatic heterocycles. The Morgan fingerprint density at radius 2 is 1.00 bits per heavy atom. The first-order valence-electron chi connectivity index (χ1n) is 21.7. The molecule has 2 aromatic heterocycles. The molecule has 1 N–H and O–H groups in total. The summed E-state index contributed by atoms with van der Waals surface area (Å²) in [5.41, 5.74) is 15.4. The average Bonchev–Trinajstić information content (AvgIpc) is 3.64. The number of para-hydroxylation sites is 3. The van der Waals surface area contributed by atoms with Gasteiger partial charge in [0, 0.05) is 33.2 Å². The molecule has 4 heteroatoms. The second kappa shape index (κ2) is 15.3. The van der Waals surface area contributed by atoms with E-state index in [0.29, 0.717) is 11.4 Å². The highest BCUT2D eigenvalue weighted by Gasteiger charge is 2.30. The molecule has 9 aromatic rings. The molecule has 0 aliphatic rings. The van der Waals surface area contributed by atoms with E-state index in [2.05, 4.69) is 225 Å². The molecule has 7 aromatic carbocycles.